The Morgan fingerprint density at radius 2 is 1.70 bits per heavy atom. The summed E-state index contributed by atoms with van der Waals surface area (Å²) in [6.45, 7) is 0. The molecule has 3 nitrogen and oxygen atoms in total. The largest absolute Gasteiger partial charge is 0.426 e. The molecular weight excluding hydrogens is 404 g/mol. The maximum Gasteiger partial charge on any atom is 0.314 e. The fourth-order valence-electron chi connectivity index (χ4n) is 3.77. The first-order chi connectivity index (χ1) is 13.1. The van der Waals surface area contributed by atoms with E-state index in [9.17, 15) is 9.59 Å². The van der Waals surface area contributed by atoms with Crippen molar-refractivity contribution in [1.82, 2.24) is 0 Å². The van der Waals surface area contributed by atoms with E-state index in [1.54, 1.807) is 36.4 Å². The van der Waals surface area contributed by atoms with E-state index in [0.717, 1.165) is 22.9 Å². The molecule has 0 aromatic heterocycles. The molecule has 2 bridgehead atoms. The number of halogens is 1. The topological polar surface area (TPSA) is 43.4 Å². The van der Waals surface area contributed by atoms with Gasteiger partial charge in [-0.3, -0.25) is 9.59 Å². The molecule has 3 atom stereocenters. The van der Waals surface area contributed by atoms with Gasteiger partial charge in [-0.2, -0.15) is 0 Å². The van der Waals surface area contributed by atoms with Gasteiger partial charge in [-0.1, -0.05) is 46.3 Å². The van der Waals surface area contributed by atoms with Gasteiger partial charge in [-0.05, 0) is 72.7 Å². The molecule has 27 heavy (non-hydrogen) atoms. The van der Waals surface area contributed by atoms with Crippen molar-refractivity contribution in [1.29, 1.82) is 0 Å². The van der Waals surface area contributed by atoms with E-state index in [-0.39, 0.29) is 17.7 Å². The Labute approximate surface area is 166 Å². The van der Waals surface area contributed by atoms with Crippen LogP contribution in [0.5, 0.6) is 5.75 Å². The zero-order valence-corrected chi connectivity index (χ0v) is 16.3. The van der Waals surface area contributed by atoms with E-state index >= 15 is 0 Å². The number of benzene rings is 2. The minimum Gasteiger partial charge on any atom is -0.426 e. The number of carbonyl (C=O) groups excluding carboxylic acids is 2. The summed E-state index contributed by atoms with van der Waals surface area (Å²) >= 11 is 3.36. The number of fused-ring (bicyclic) bond motifs is 2. The van der Waals surface area contributed by atoms with Gasteiger partial charge in [0.25, 0.3) is 0 Å². The minimum absolute atomic E-state index is 0.0110. The van der Waals surface area contributed by atoms with Gasteiger partial charge in [0.05, 0.1) is 5.92 Å². The molecule has 2 aromatic rings. The van der Waals surface area contributed by atoms with Crippen LogP contribution in [0.3, 0.4) is 0 Å². The molecule has 3 unspecified atom stereocenters. The van der Waals surface area contributed by atoms with Crippen LogP contribution in [0.15, 0.2) is 71.2 Å². The first-order valence-electron chi connectivity index (χ1n) is 9.06. The predicted octanol–water partition coefficient (Wildman–Crippen LogP) is 5.46. The molecule has 0 aliphatic heterocycles. The molecule has 4 rings (SSSR count). The molecule has 136 valence electrons. The molecule has 1 fully saturated rings. The van der Waals surface area contributed by atoms with Crippen molar-refractivity contribution in [2.45, 2.75) is 12.8 Å². The van der Waals surface area contributed by atoms with Gasteiger partial charge in [0.2, 0.25) is 0 Å². The number of allylic oxidation sites excluding steroid dienone is 3. The van der Waals surface area contributed by atoms with Gasteiger partial charge in [0, 0.05) is 10.0 Å². The lowest BCUT2D eigenvalue weighted by atomic mass is 9.94. The monoisotopic (exact) mass is 422 g/mol. The highest BCUT2D eigenvalue weighted by atomic mass is 79.9. The highest BCUT2D eigenvalue weighted by Gasteiger charge is 2.40. The molecule has 0 saturated heterocycles. The maximum absolute atomic E-state index is 12.4. The Morgan fingerprint density at radius 1 is 0.963 bits per heavy atom. The number of hydrogen-bond donors (Lipinski definition) is 0. The van der Waals surface area contributed by atoms with Crippen LogP contribution in [0, 0.1) is 17.8 Å². The number of ketones is 1. The van der Waals surface area contributed by atoms with E-state index in [1.807, 2.05) is 24.3 Å². The number of carbonyl (C=O) groups is 2. The summed E-state index contributed by atoms with van der Waals surface area (Å²) in [7, 11) is 0. The number of rotatable bonds is 5. The Balaban J connectivity index is 1.36. The second-order valence-corrected chi connectivity index (χ2v) is 8.00. The molecule has 2 aliphatic carbocycles. The quantitative estimate of drug-likeness (QED) is 0.211. The average Bonchev–Trinajstić information content (AvgIpc) is 3.31. The number of ether oxygens (including phenoxy) is 1. The molecule has 0 radical (unpaired) electrons. The molecule has 2 aromatic carbocycles. The molecular formula is C23H19BrO3. The van der Waals surface area contributed by atoms with E-state index in [1.165, 1.54) is 0 Å². The third kappa shape index (κ3) is 4.11. The fourth-order valence-corrected chi connectivity index (χ4v) is 4.04. The van der Waals surface area contributed by atoms with Crippen LogP contribution in [-0.4, -0.2) is 11.8 Å². The summed E-state index contributed by atoms with van der Waals surface area (Å²) in [5.41, 5.74) is 1.52. The second kappa shape index (κ2) is 7.65. The average molecular weight is 423 g/mol. The van der Waals surface area contributed by atoms with Crippen LogP contribution < -0.4 is 4.74 Å². The third-order valence-corrected chi connectivity index (χ3v) is 5.76. The fraction of sp³-hybridized carbons (Fsp3) is 0.217. The summed E-state index contributed by atoms with van der Waals surface area (Å²) in [6, 6.07) is 14.5. The highest BCUT2D eigenvalue weighted by Crippen LogP contribution is 2.43. The zero-order chi connectivity index (χ0) is 18.8. The highest BCUT2D eigenvalue weighted by molar-refractivity contribution is 9.10. The second-order valence-electron chi connectivity index (χ2n) is 7.08. The minimum atomic E-state index is -0.138. The van der Waals surface area contributed by atoms with Crippen molar-refractivity contribution in [3.8, 4) is 5.75 Å². The van der Waals surface area contributed by atoms with Crippen molar-refractivity contribution in [2.75, 3.05) is 0 Å². The Bertz CT molecular complexity index is 910. The lowest BCUT2D eigenvalue weighted by Crippen LogP contribution is -2.23. The van der Waals surface area contributed by atoms with Gasteiger partial charge >= 0.3 is 5.97 Å². The lowest BCUT2D eigenvalue weighted by molar-refractivity contribution is -0.139. The first kappa shape index (κ1) is 17.9. The SMILES string of the molecule is O=C(/C=C/c1ccc(OC(=O)C2CC3C=CC2C3)cc1)c1ccc(Br)cc1. The molecule has 4 heteroatoms. The summed E-state index contributed by atoms with van der Waals surface area (Å²) < 4.78 is 6.48. The Kier molecular flexibility index (Phi) is 5.08. The van der Waals surface area contributed by atoms with Crippen molar-refractivity contribution in [3.05, 3.63) is 82.4 Å². The predicted molar refractivity (Wildman–Crippen MR) is 108 cm³/mol. The zero-order valence-electron chi connectivity index (χ0n) is 14.7. The summed E-state index contributed by atoms with van der Waals surface area (Å²) in [4.78, 5) is 24.5. The molecule has 0 spiro atoms. The van der Waals surface area contributed by atoms with Gasteiger partial charge in [0.15, 0.2) is 5.78 Å². The molecule has 2 aliphatic rings. The van der Waals surface area contributed by atoms with E-state index in [2.05, 4.69) is 28.1 Å². The third-order valence-electron chi connectivity index (χ3n) is 5.24. The van der Waals surface area contributed by atoms with Crippen LogP contribution in [0.4, 0.5) is 0 Å². The van der Waals surface area contributed by atoms with Crippen molar-refractivity contribution in [2.24, 2.45) is 17.8 Å². The van der Waals surface area contributed by atoms with E-state index in [0.29, 0.717) is 23.1 Å². The lowest BCUT2D eigenvalue weighted by Gasteiger charge is -2.16. The Morgan fingerprint density at radius 3 is 2.33 bits per heavy atom. The van der Waals surface area contributed by atoms with Crippen LogP contribution >= 0.6 is 15.9 Å². The molecule has 0 amide bonds. The Hall–Kier alpha value is -2.46. The molecule has 1 saturated carbocycles. The van der Waals surface area contributed by atoms with Crippen molar-refractivity contribution < 1.29 is 14.3 Å². The van der Waals surface area contributed by atoms with Crippen LogP contribution in [0.25, 0.3) is 6.08 Å². The first-order valence-corrected chi connectivity index (χ1v) is 9.86. The van der Waals surface area contributed by atoms with Gasteiger partial charge in [-0.25, -0.2) is 0 Å². The smallest absolute Gasteiger partial charge is 0.314 e. The van der Waals surface area contributed by atoms with E-state index in [4.69, 9.17) is 4.74 Å². The number of esters is 1. The van der Waals surface area contributed by atoms with Gasteiger partial charge < -0.3 is 4.74 Å². The maximum atomic E-state index is 12.4. The standard InChI is InChI=1S/C23H19BrO3/c24-19-8-6-17(7-9-19)22(25)12-4-15-2-10-20(11-3-15)27-23(26)21-14-16-1-5-18(21)13-16/h1-12,16,18,21H,13-14H2/b12-4+. The van der Waals surface area contributed by atoms with E-state index < -0.39 is 0 Å². The van der Waals surface area contributed by atoms with Crippen LogP contribution in [-0.2, 0) is 4.79 Å². The van der Waals surface area contributed by atoms with Gasteiger partial charge in [0.1, 0.15) is 5.75 Å². The summed E-state index contributed by atoms with van der Waals surface area (Å²) in [5.74, 6) is 1.23. The van der Waals surface area contributed by atoms with Crippen molar-refractivity contribution in [3.63, 3.8) is 0 Å². The molecule has 0 N–H and O–H groups in total. The normalized spacial score (nSPS) is 23.1. The van der Waals surface area contributed by atoms with Gasteiger partial charge in [-0.15, -0.1) is 0 Å². The number of hydrogen-bond acceptors (Lipinski definition) is 3. The van der Waals surface area contributed by atoms with Crippen LogP contribution in [0.1, 0.15) is 28.8 Å². The molecule has 0 heterocycles. The van der Waals surface area contributed by atoms with Crippen LogP contribution in [0.2, 0.25) is 0 Å². The summed E-state index contributed by atoms with van der Waals surface area (Å²) in [5, 5.41) is 0. The van der Waals surface area contributed by atoms with Crippen molar-refractivity contribution >= 4 is 33.8 Å². The summed E-state index contributed by atoms with van der Waals surface area (Å²) in [6.07, 6.45) is 9.65.